The number of nitrogens with one attached hydrogen (secondary N) is 1. The molecule has 1 unspecified atom stereocenters. The van der Waals surface area contributed by atoms with Crippen LogP contribution in [0.25, 0.3) is 10.8 Å². The number of nitrogens with zero attached hydrogens (tertiary/aromatic N) is 2. The van der Waals surface area contributed by atoms with E-state index in [2.05, 4.69) is 69.7 Å². The van der Waals surface area contributed by atoms with Gasteiger partial charge in [-0.1, -0.05) is 40.2 Å². The lowest BCUT2D eigenvalue weighted by Gasteiger charge is -2.16. The average molecular weight is 330 g/mol. The van der Waals surface area contributed by atoms with Crippen molar-refractivity contribution in [3.8, 4) is 0 Å². The number of aromatic nitrogens is 2. The molecule has 4 heteroatoms. The number of fused-ring (bicyclic) bond motifs is 1. The van der Waals surface area contributed by atoms with Gasteiger partial charge in [-0.15, -0.1) is 0 Å². The van der Waals surface area contributed by atoms with Crippen molar-refractivity contribution in [3.05, 3.63) is 58.8 Å². The summed E-state index contributed by atoms with van der Waals surface area (Å²) in [6.07, 6.45) is 3.94. The highest BCUT2D eigenvalue weighted by atomic mass is 79.9. The Morgan fingerprint density at radius 3 is 2.60 bits per heavy atom. The molecule has 3 rings (SSSR count). The van der Waals surface area contributed by atoms with Crippen LogP contribution in [0, 0.1) is 0 Å². The van der Waals surface area contributed by atoms with Crippen LogP contribution in [0.1, 0.15) is 18.5 Å². The van der Waals surface area contributed by atoms with Gasteiger partial charge >= 0.3 is 0 Å². The van der Waals surface area contributed by atoms with Gasteiger partial charge in [-0.3, -0.25) is 4.68 Å². The molecule has 1 heterocycles. The molecule has 0 aliphatic rings. The van der Waals surface area contributed by atoms with Crippen LogP contribution >= 0.6 is 15.9 Å². The zero-order chi connectivity index (χ0) is 14.1. The molecule has 0 bridgehead atoms. The fraction of sp³-hybridized carbons (Fsp3) is 0.188. The van der Waals surface area contributed by atoms with Gasteiger partial charge in [0.15, 0.2) is 0 Å². The highest BCUT2D eigenvalue weighted by Gasteiger charge is 2.10. The zero-order valence-electron chi connectivity index (χ0n) is 11.5. The standard InChI is InChI=1S/C16H16BrN3/c1-11(12-9-18-20(2)10-12)19-16-8-7-15(17)13-5-3-4-6-14(13)16/h3-11,19H,1-2H3. The van der Waals surface area contributed by atoms with E-state index in [1.54, 1.807) is 0 Å². The molecular weight excluding hydrogens is 314 g/mol. The summed E-state index contributed by atoms with van der Waals surface area (Å²) >= 11 is 3.60. The first kappa shape index (κ1) is 13.2. The third kappa shape index (κ3) is 2.43. The third-order valence-corrected chi connectivity index (χ3v) is 4.16. The van der Waals surface area contributed by atoms with Crippen LogP contribution < -0.4 is 5.32 Å². The Kier molecular flexibility index (Phi) is 3.49. The Morgan fingerprint density at radius 2 is 1.90 bits per heavy atom. The number of hydrogen-bond donors (Lipinski definition) is 1. The first-order valence-corrected chi connectivity index (χ1v) is 7.37. The molecule has 20 heavy (non-hydrogen) atoms. The lowest BCUT2D eigenvalue weighted by Crippen LogP contribution is -2.06. The molecule has 102 valence electrons. The second kappa shape index (κ2) is 5.29. The number of hydrogen-bond acceptors (Lipinski definition) is 2. The molecule has 0 fully saturated rings. The maximum absolute atomic E-state index is 4.22. The predicted octanol–water partition coefficient (Wildman–Crippen LogP) is 4.51. The summed E-state index contributed by atoms with van der Waals surface area (Å²) in [7, 11) is 1.94. The van der Waals surface area contributed by atoms with Gasteiger partial charge in [-0.05, 0) is 24.4 Å². The first-order valence-electron chi connectivity index (χ1n) is 6.57. The highest BCUT2D eigenvalue weighted by Crippen LogP contribution is 2.31. The normalized spacial score (nSPS) is 12.6. The summed E-state index contributed by atoms with van der Waals surface area (Å²) in [6.45, 7) is 2.15. The Hall–Kier alpha value is -1.81. The minimum absolute atomic E-state index is 0.216. The van der Waals surface area contributed by atoms with Crippen LogP contribution in [0.4, 0.5) is 5.69 Å². The van der Waals surface area contributed by atoms with Crippen LogP contribution in [0.15, 0.2) is 53.3 Å². The van der Waals surface area contributed by atoms with Gasteiger partial charge in [0.25, 0.3) is 0 Å². The lowest BCUT2D eigenvalue weighted by molar-refractivity contribution is 0.765. The minimum Gasteiger partial charge on any atom is -0.378 e. The van der Waals surface area contributed by atoms with Gasteiger partial charge in [-0.2, -0.15) is 5.10 Å². The minimum atomic E-state index is 0.216. The largest absolute Gasteiger partial charge is 0.378 e. The number of anilines is 1. The second-order valence-electron chi connectivity index (χ2n) is 4.95. The first-order chi connectivity index (χ1) is 9.65. The van der Waals surface area contributed by atoms with E-state index < -0.39 is 0 Å². The van der Waals surface area contributed by atoms with Gasteiger partial charge in [0.2, 0.25) is 0 Å². The summed E-state index contributed by atoms with van der Waals surface area (Å²) in [4.78, 5) is 0. The summed E-state index contributed by atoms with van der Waals surface area (Å²) in [5, 5.41) is 10.2. The lowest BCUT2D eigenvalue weighted by atomic mass is 10.1. The average Bonchev–Trinajstić information content (AvgIpc) is 2.89. The summed E-state index contributed by atoms with van der Waals surface area (Å²) in [5.41, 5.74) is 2.32. The molecule has 0 radical (unpaired) electrons. The van der Waals surface area contributed by atoms with Gasteiger partial charge in [0.05, 0.1) is 12.2 Å². The smallest absolute Gasteiger partial charge is 0.0542 e. The van der Waals surface area contributed by atoms with E-state index in [-0.39, 0.29) is 6.04 Å². The summed E-state index contributed by atoms with van der Waals surface area (Å²) in [6, 6.07) is 12.8. The second-order valence-corrected chi connectivity index (χ2v) is 5.81. The van der Waals surface area contributed by atoms with Crippen LogP contribution in [0.2, 0.25) is 0 Å². The van der Waals surface area contributed by atoms with Gasteiger partial charge in [0.1, 0.15) is 0 Å². The van der Waals surface area contributed by atoms with Crippen molar-refractivity contribution in [2.24, 2.45) is 7.05 Å². The molecule has 1 N–H and O–H groups in total. The van der Waals surface area contributed by atoms with E-state index in [1.165, 1.54) is 16.3 Å². The third-order valence-electron chi connectivity index (χ3n) is 3.47. The van der Waals surface area contributed by atoms with Gasteiger partial charge in [0, 0.05) is 34.4 Å². The molecule has 3 aromatic rings. The van der Waals surface area contributed by atoms with Crippen molar-refractivity contribution < 1.29 is 0 Å². The quantitative estimate of drug-likeness (QED) is 0.766. The van der Waals surface area contributed by atoms with Gasteiger partial charge in [-0.25, -0.2) is 0 Å². The van der Waals surface area contributed by atoms with Crippen LogP contribution in [0.3, 0.4) is 0 Å². The topological polar surface area (TPSA) is 29.9 Å². The van der Waals surface area contributed by atoms with Crippen molar-refractivity contribution in [1.29, 1.82) is 0 Å². The van der Waals surface area contributed by atoms with E-state index in [0.29, 0.717) is 0 Å². The van der Waals surface area contributed by atoms with E-state index in [1.807, 2.05) is 24.1 Å². The zero-order valence-corrected chi connectivity index (χ0v) is 13.1. The van der Waals surface area contributed by atoms with E-state index in [9.17, 15) is 0 Å². The molecule has 0 saturated carbocycles. The number of halogens is 1. The van der Waals surface area contributed by atoms with E-state index in [4.69, 9.17) is 0 Å². The van der Waals surface area contributed by atoms with Crippen molar-refractivity contribution >= 4 is 32.4 Å². The molecule has 0 saturated heterocycles. The number of aryl methyl sites for hydroxylation is 1. The number of rotatable bonds is 3. The molecule has 1 aromatic heterocycles. The Bertz CT molecular complexity index is 748. The molecule has 0 aliphatic heterocycles. The van der Waals surface area contributed by atoms with E-state index >= 15 is 0 Å². The Balaban J connectivity index is 1.97. The molecule has 2 aromatic carbocycles. The molecule has 0 amide bonds. The van der Waals surface area contributed by atoms with Crippen molar-refractivity contribution in [2.45, 2.75) is 13.0 Å². The van der Waals surface area contributed by atoms with Crippen molar-refractivity contribution in [3.63, 3.8) is 0 Å². The molecule has 0 spiro atoms. The fourth-order valence-electron chi connectivity index (χ4n) is 2.37. The predicted molar refractivity (Wildman–Crippen MR) is 86.9 cm³/mol. The Morgan fingerprint density at radius 1 is 1.15 bits per heavy atom. The molecule has 3 nitrogen and oxygen atoms in total. The maximum atomic E-state index is 4.22. The van der Waals surface area contributed by atoms with Crippen molar-refractivity contribution in [1.82, 2.24) is 9.78 Å². The monoisotopic (exact) mass is 329 g/mol. The SMILES string of the molecule is CC(Nc1ccc(Br)c2ccccc12)c1cnn(C)c1. The van der Waals surface area contributed by atoms with Crippen LogP contribution in [-0.4, -0.2) is 9.78 Å². The summed E-state index contributed by atoms with van der Waals surface area (Å²) < 4.78 is 2.94. The maximum Gasteiger partial charge on any atom is 0.0542 e. The van der Waals surface area contributed by atoms with Crippen molar-refractivity contribution in [2.75, 3.05) is 5.32 Å². The molecule has 1 atom stereocenters. The van der Waals surface area contributed by atoms with E-state index in [0.717, 1.165) is 10.2 Å². The molecule has 0 aliphatic carbocycles. The van der Waals surface area contributed by atoms with Gasteiger partial charge < -0.3 is 5.32 Å². The fourth-order valence-corrected chi connectivity index (χ4v) is 2.85. The Labute approximate surface area is 126 Å². The van der Waals surface area contributed by atoms with Crippen LogP contribution in [0.5, 0.6) is 0 Å². The number of benzene rings is 2. The molecular formula is C16H16BrN3. The highest BCUT2D eigenvalue weighted by molar-refractivity contribution is 9.10. The summed E-state index contributed by atoms with van der Waals surface area (Å²) in [5.74, 6) is 0. The van der Waals surface area contributed by atoms with Crippen LogP contribution in [-0.2, 0) is 7.05 Å².